The van der Waals surface area contributed by atoms with Crippen molar-refractivity contribution in [2.45, 2.75) is 58.2 Å². The molecule has 0 bridgehead atoms. The molecule has 1 fully saturated rings. The summed E-state index contributed by atoms with van der Waals surface area (Å²) in [5.41, 5.74) is 8.45. The average molecular weight is 483 g/mol. The summed E-state index contributed by atoms with van der Waals surface area (Å²) in [6, 6.07) is 21.7. The third-order valence-corrected chi connectivity index (χ3v) is 7.83. The minimum absolute atomic E-state index is 0.0133. The van der Waals surface area contributed by atoms with Gasteiger partial charge in [-0.1, -0.05) is 44.2 Å². The van der Waals surface area contributed by atoms with Crippen molar-refractivity contribution >= 4 is 34.3 Å². The number of nitrogens with zero attached hydrogens (tertiary/aromatic N) is 3. The van der Waals surface area contributed by atoms with Gasteiger partial charge in [0.1, 0.15) is 0 Å². The van der Waals surface area contributed by atoms with Crippen LogP contribution in [0, 0.1) is 0 Å². The van der Waals surface area contributed by atoms with Crippen molar-refractivity contribution in [2.75, 3.05) is 16.8 Å². The normalized spacial score (nSPS) is 21.1. The molecule has 3 aromatic rings. The first-order valence-corrected chi connectivity index (χ1v) is 12.8. The lowest BCUT2D eigenvalue weighted by atomic mass is 9.86. The Balaban J connectivity index is 1.63. The maximum Gasteiger partial charge on any atom is 0.174 e. The van der Waals surface area contributed by atoms with Crippen LogP contribution in [-0.4, -0.2) is 22.7 Å². The standard InChI is InChI=1S/C30H34N4S/c1-19(2)21-10-13-23(14-11-21)34-28(27(32-29(34)35)25-9-7-8-16-31-25)22-12-15-26-24(17-22)20(3)18-30(4,5)33(26)6/h7-19,27-28H,1-6H3,(H,32,35)/t27-,28-/m0/s1. The zero-order valence-corrected chi connectivity index (χ0v) is 22.2. The first-order valence-electron chi connectivity index (χ1n) is 12.4. The molecule has 0 unspecified atom stereocenters. The molecule has 3 heterocycles. The Bertz CT molecular complexity index is 1280. The van der Waals surface area contributed by atoms with E-state index in [1.165, 1.54) is 28.0 Å². The fourth-order valence-corrected chi connectivity index (χ4v) is 5.70. The van der Waals surface area contributed by atoms with E-state index in [0.717, 1.165) is 16.5 Å². The van der Waals surface area contributed by atoms with E-state index in [1.54, 1.807) is 0 Å². The maximum absolute atomic E-state index is 5.92. The molecule has 0 saturated carbocycles. The van der Waals surface area contributed by atoms with Crippen LogP contribution in [0.4, 0.5) is 11.4 Å². The van der Waals surface area contributed by atoms with Crippen molar-refractivity contribution < 1.29 is 0 Å². The largest absolute Gasteiger partial charge is 0.366 e. The van der Waals surface area contributed by atoms with E-state index in [-0.39, 0.29) is 17.6 Å². The quantitative estimate of drug-likeness (QED) is 0.404. The van der Waals surface area contributed by atoms with Gasteiger partial charge in [-0.05, 0) is 92.0 Å². The Labute approximate surface area is 214 Å². The van der Waals surface area contributed by atoms with Crippen molar-refractivity contribution in [1.82, 2.24) is 10.3 Å². The Morgan fingerprint density at radius 2 is 1.77 bits per heavy atom. The summed E-state index contributed by atoms with van der Waals surface area (Å²) in [4.78, 5) is 9.32. The third-order valence-electron chi connectivity index (χ3n) is 7.52. The van der Waals surface area contributed by atoms with Crippen LogP contribution in [-0.2, 0) is 0 Å². The highest BCUT2D eigenvalue weighted by atomic mass is 32.1. The second kappa shape index (κ2) is 8.80. The van der Waals surface area contributed by atoms with E-state index in [4.69, 9.17) is 17.2 Å². The zero-order valence-electron chi connectivity index (χ0n) is 21.4. The molecular weight excluding hydrogens is 448 g/mol. The van der Waals surface area contributed by atoms with Crippen molar-refractivity contribution in [2.24, 2.45) is 0 Å². The van der Waals surface area contributed by atoms with Gasteiger partial charge >= 0.3 is 0 Å². The molecule has 0 amide bonds. The second-order valence-corrected chi connectivity index (χ2v) is 10.9. The highest BCUT2D eigenvalue weighted by Gasteiger charge is 2.41. The van der Waals surface area contributed by atoms with Gasteiger partial charge in [0.15, 0.2) is 5.11 Å². The summed E-state index contributed by atoms with van der Waals surface area (Å²) in [6.07, 6.45) is 4.21. The molecule has 1 saturated heterocycles. The average Bonchev–Trinajstić information content (AvgIpc) is 3.19. The maximum atomic E-state index is 5.92. The predicted molar refractivity (Wildman–Crippen MR) is 151 cm³/mol. The lowest BCUT2D eigenvalue weighted by Crippen LogP contribution is -2.42. The summed E-state index contributed by atoms with van der Waals surface area (Å²) in [5.74, 6) is 0.487. The zero-order chi connectivity index (χ0) is 24.9. The summed E-state index contributed by atoms with van der Waals surface area (Å²) in [6.45, 7) is 11.2. The number of benzene rings is 2. The molecule has 5 heteroatoms. The van der Waals surface area contributed by atoms with Gasteiger partial charge < -0.3 is 15.1 Å². The van der Waals surface area contributed by atoms with Gasteiger partial charge in [-0.15, -0.1) is 0 Å². The first kappa shape index (κ1) is 23.6. The number of hydrogen-bond donors (Lipinski definition) is 1. The molecule has 35 heavy (non-hydrogen) atoms. The Kier molecular flexibility index (Phi) is 5.92. The Morgan fingerprint density at radius 3 is 2.43 bits per heavy atom. The molecule has 2 aromatic carbocycles. The van der Waals surface area contributed by atoms with E-state index < -0.39 is 0 Å². The van der Waals surface area contributed by atoms with Crippen LogP contribution < -0.4 is 15.1 Å². The van der Waals surface area contributed by atoms with Gasteiger partial charge in [0.2, 0.25) is 0 Å². The monoisotopic (exact) mass is 482 g/mol. The van der Waals surface area contributed by atoms with E-state index in [9.17, 15) is 0 Å². The SMILES string of the molecule is CC1=CC(C)(C)N(C)c2ccc([C@H]3[C@H](c4ccccn4)NC(=S)N3c3ccc(C(C)C)cc3)cc21. The Hall–Kier alpha value is -3.18. The molecule has 2 aliphatic heterocycles. The summed E-state index contributed by atoms with van der Waals surface area (Å²) in [7, 11) is 2.17. The molecule has 0 spiro atoms. The van der Waals surface area contributed by atoms with Crippen molar-refractivity contribution in [3.8, 4) is 0 Å². The number of pyridine rings is 1. The fourth-order valence-electron chi connectivity index (χ4n) is 5.35. The predicted octanol–water partition coefficient (Wildman–Crippen LogP) is 7.01. The molecule has 1 N–H and O–H groups in total. The second-order valence-electron chi connectivity index (χ2n) is 10.6. The lowest BCUT2D eigenvalue weighted by molar-refractivity contribution is 0.566. The van der Waals surface area contributed by atoms with Crippen LogP contribution in [0.2, 0.25) is 0 Å². The molecule has 4 nitrogen and oxygen atoms in total. The van der Waals surface area contributed by atoms with Crippen LogP contribution >= 0.6 is 12.2 Å². The summed E-state index contributed by atoms with van der Waals surface area (Å²) < 4.78 is 0. The number of allylic oxidation sites excluding steroid dienone is 1. The van der Waals surface area contributed by atoms with Crippen molar-refractivity contribution in [3.05, 3.63) is 95.3 Å². The molecule has 0 aliphatic carbocycles. The smallest absolute Gasteiger partial charge is 0.174 e. The van der Waals surface area contributed by atoms with Gasteiger partial charge in [-0.25, -0.2) is 0 Å². The minimum atomic E-state index is -0.0476. The summed E-state index contributed by atoms with van der Waals surface area (Å²) in [5, 5.41) is 4.32. The van der Waals surface area contributed by atoms with Gasteiger partial charge in [0.25, 0.3) is 0 Å². The number of aromatic nitrogens is 1. The van der Waals surface area contributed by atoms with Crippen LogP contribution in [0.3, 0.4) is 0 Å². The van der Waals surface area contributed by atoms with Gasteiger partial charge in [-0.2, -0.15) is 0 Å². The minimum Gasteiger partial charge on any atom is -0.366 e. The van der Waals surface area contributed by atoms with Crippen molar-refractivity contribution in [1.29, 1.82) is 0 Å². The van der Waals surface area contributed by atoms with Crippen LogP contribution in [0.1, 0.15) is 75.0 Å². The highest BCUT2D eigenvalue weighted by molar-refractivity contribution is 7.80. The number of likely N-dealkylation sites (N-methyl/N-ethyl adjacent to an activating group) is 1. The number of nitrogens with one attached hydrogen (secondary N) is 1. The Morgan fingerprint density at radius 1 is 1.03 bits per heavy atom. The topological polar surface area (TPSA) is 31.4 Å². The number of hydrogen-bond acceptors (Lipinski definition) is 3. The lowest BCUT2D eigenvalue weighted by Gasteiger charge is -2.41. The number of fused-ring (bicyclic) bond motifs is 1. The number of anilines is 2. The van der Waals surface area contributed by atoms with Crippen LogP contribution in [0.15, 0.2) is 72.9 Å². The fraction of sp³-hybridized carbons (Fsp3) is 0.333. The molecule has 2 aliphatic rings. The summed E-state index contributed by atoms with van der Waals surface area (Å²) >= 11 is 5.92. The highest BCUT2D eigenvalue weighted by Crippen LogP contribution is 2.45. The van der Waals surface area contributed by atoms with E-state index >= 15 is 0 Å². The van der Waals surface area contributed by atoms with Gasteiger partial charge in [0, 0.05) is 30.2 Å². The molecular formula is C30H34N4S. The third kappa shape index (κ3) is 4.12. The van der Waals surface area contributed by atoms with Crippen LogP contribution in [0.25, 0.3) is 5.57 Å². The number of thiocarbonyl (C=S) groups is 1. The number of rotatable bonds is 4. The van der Waals surface area contributed by atoms with Crippen LogP contribution in [0.5, 0.6) is 0 Å². The molecule has 2 atom stereocenters. The van der Waals surface area contributed by atoms with E-state index in [0.29, 0.717) is 5.92 Å². The first-order chi connectivity index (χ1) is 16.7. The molecule has 5 rings (SSSR count). The van der Waals surface area contributed by atoms with Crippen molar-refractivity contribution in [3.63, 3.8) is 0 Å². The van der Waals surface area contributed by atoms with E-state index in [1.807, 2.05) is 18.3 Å². The van der Waals surface area contributed by atoms with Gasteiger partial charge in [-0.3, -0.25) is 4.98 Å². The molecule has 0 radical (unpaired) electrons. The van der Waals surface area contributed by atoms with E-state index in [2.05, 4.69) is 111 Å². The molecule has 1 aromatic heterocycles. The van der Waals surface area contributed by atoms with Gasteiger partial charge in [0.05, 0.1) is 23.3 Å². The molecule has 180 valence electrons.